The Balaban J connectivity index is 1.64. The molecule has 1 spiro atoms. The summed E-state index contributed by atoms with van der Waals surface area (Å²) in [4.78, 5) is 4.35. The SMILES string of the molecule is CCCOC1CCC2(CC1)Cc1ccc(-c3cccc(OC)c3)cc1C2=NC#N. The zero-order valence-electron chi connectivity index (χ0n) is 17.3. The highest BCUT2D eigenvalue weighted by molar-refractivity contribution is 6.10. The molecule has 0 bridgehead atoms. The first-order valence-electron chi connectivity index (χ1n) is 10.6. The molecule has 4 heteroatoms. The number of fused-ring (bicyclic) bond motifs is 1. The van der Waals surface area contributed by atoms with Crippen molar-refractivity contribution in [1.29, 1.82) is 5.26 Å². The highest BCUT2D eigenvalue weighted by atomic mass is 16.5. The molecule has 0 radical (unpaired) electrons. The van der Waals surface area contributed by atoms with E-state index in [-0.39, 0.29) is 5.41 Å². The number of aliphatic imine (C=N–C) groups is 1. The maximum absolute atomic E-state index is 9.41. The van der Waals surface area contributed by atoms with E-state index in [2.05, 4.69) is 42.4 Å². The summed E-state index contributed by atoms with van der Waals surface area (Å²) in [7, 11) is 1.68. The van der Waals surface area contributed by atoms with Crippen molar-refractivity contribution in [1.82, 2.24) is 0 Å². The van der Waals surface area contributed by atoms with Crippen molar-refractivity contribution >= 4 is 5.71 Å². The normalized spacial score (nSPS) is 24.4. The minimum absolute atomic E-state index is 0.0167. The van der Waals surface area contributed by atoms with Gasteiger partial charge in [-0.05, 0) is 73.4 Å². The van der Waals surface area contributed by atoms with Crippen molar-refractivity contribution in [3.8, 4) is 23.1 Å². The third-order valence-electron chi connectivity index (χ3n) is 6.41. The largest absolute Gasteiger partial charge is 0.497 e. The van der Waals surface area contributed by atoms with Gasteiger partial charge in [-0.1, -0.05) is 31.2 Å². The number of rotatable bonds is 5. The zero-order chi connectivity index (χ0) is 20.3. The number of nitrogens with zero attached hydrogens (tertiary/aromatic N) is 2. The zero-order valence-corrected chi connectivity index (χ0v) is 17.3. The second-order valence-corrected chi connectivity index (χ2v) is 8.19. The van der Waals surface area contributed by atoms with Gasteiger partial charge < -0.3 is 9.47 Å². The first kappa shape index (κ1) is 19.7. The number of ether oxygens (including phenoxy) is 2. The quantitative estimate of drug-likeness (QED) is 0.632. The fourth-order valence-corrected chi connectivity index (χ4v) is 4.90. The summed E-state index contributed by atoms with van der Waals surface area (Å²) < 4.78 is 11.4. The van der Waals surface area contributed by atoms with Gasteiger partial charge in [0.2, 0.25) is 6.19 Å². The van der Waals surface area contributed by atoms with Crippen LogP contribution in [0.3, 0.4) is 0 Å². The first-order chi connectivity index (χ1) is 14.2. The van der Waals surface area contributed by atoms with Crippen molar-refractivity contribution < 1.29 is 9.47 Å². The molecule has 0 amide bonds. The summed E-state index contributed by atoms with van der Waals surface area (Å²) in [5.74, 6) is 0.843. The van der Waals surface area contributed by atoms with E-state index in [1.165, 1.54) is 5.56 Å². The fraction of sp³-hybridized carbons (Fsp3) is 0.440. The van der Waals surface area contributed by atoms with Gasteiger partial charge in [-0.15, -0.1) is 0 Å². The van der Waals surface area contributed by atoms with Crippen LogP contribution < -0.4 is 4.74 Å². The van der Waals surface area contributed by atoms with Crippen LogP contribution in [0.25, 0.3) is 11.1 Å². The van der Waals surface area contributed by atoms with Gasteiger partial charge in [0.05, 0.1) is 18.9 Å². The van der Waals surface area contributed by atoms with Gasteiger partial charge >= 0.3 is 0 Å². The molecule has 0 aromatic heterocycles. The van der Waals surface area contributed by atoms with E-state index in [9.17, 15) is 5.26 Å². The maximum atomic E-state index is 9.41. The molecule has 0 saturated heterocycles. The van der Waals surface area contributed by atoms with Crippen molar-refractivity contribution in [3.63, 3.8) is 0 Å². The molecule has 2 aromatic carbocycles. The van der Waals surface area contributed by atoms with Gasteiger partial charge in [-0.3, -0.25) is 0 Å². The summed E-state index contributed by atoms with van der Waals surface area (Å²) in [5, 5.41) is 9.41. The second kappa shape index (κ2) is 8.39. The molecule has 2 aromatic rings. The van der Waals surface area contributed by atoms with E-state index < -0.39 is 0 Å². The Labute approximate surface area is 173 Å². The predicted octanol–water partition coefficient (Wildman–Crippen LogP) is 5.54. The van der Waals surface area contributed by atoms with Crippen LogP contribution in [0.5, 0.6) is 5.75 Å². The number of hydrogen-bond acceptors (Lipinski definition) is 4. The lowest BCUT2D eigenvalue weighted by molar-refractivity contribution is 0.0112. The molecular weight excluding hydrogens is 360 g/mol. The van der Waals surface area contributed by atoms with Crippen LogP contribution in [0.4, 0.5) is 0 Å². The molecule has 4 nitrogen and oxygen atoms in total. The Bertz CT molecular complexity index is 950. The van der Waals surface area contributed by atoms with Crippen molar-refractivity contribution in [3.05, 3.63) is 53.6 Å². The molecule has 0 atom stereocenters. The topological polar surface area (TPSA) is 54.6 Å². The van der Waals surface area contributed by atoms with Gasteiger partial charge in [-0.25, -0.2) is 0 Å². The molecular formula is C25H28N2O2. The van der Waals surface area contributed by atoms with Gasteiger partial charge in [0, 0.05) is 17.6 Å². The molecule has 0 unspecified atom stereocenters. The van der Waals surface area contributed by atoms with Crippen LogP contribution in [-0.4, -0.2) is 25.5 Å². The van der Waals surface area contributed by atoms with E-state index in [1.54, 1.807) is 7.11 Å². The van der Waals surface area contributed by atoms with Gasteiger partial charge in [-0.2, -0.15) is 10.3 Å². The first-order valence-corrected chi connectivity index (χ1v) is 10.6. The highest BCUT2D eigenvalue weighted by Crippen LogP contribution is 2.49. The third kappa shape index (κ3) is 3.80. The van der Waals surface area contributed by atoms with Crippen molar-refractivity contribution in [2.75, 3.05) is 13.7 Å². The fourth-order valence-electron chi connectivity index (χ4n) is 4.90. The second-order valence-electron chi connectivity index (χ2n) is 8.19. The maximum Gasteiger partial charge on any atom is 0.205 e. The molecule has 4 rings (SSSR count). The Morgan fingerprint density at radius 3 is 2.66 bits per heavy atom. The van der Waals surface area contributed by atoms with Crippen LogP contribution in [-0.2, 0) is 11.2 Å². The average Bonchev–Trinajstić information content (AvgIpc) is 3.06. The molecule has 0 N–H and O–H groups in total. The molecule has 0 heterocycles. The summed E-state index contributed by atoms with van der Waals surface area (Å²) >= 11 is 0. The predicted molar refractivity (Wildman–Crippen MR) is 115 cm³/mol. The number of methoxy groups -OCH3 is 1. The van der Waals surface area contributed by atoms with Gasteiger partial charge in [0.1, 0.15) is 5.75 Å². The van der Waals surface area contributed by atoms with Crippen molar-refractivity contribution in [2.45, 2.75) is 51.6 Å². The standard InChI is InChI=1S/C25H28N2O2/c1-3-13-29-21-9-11-25(12-10-21)16-20-8-7-19(15-23(20)24(25)27-17-26)18-5-4-6-22(14-18)28-2/h4-8,14-15,21H,3,9-13,16H2,1-2H3. The lowest BCUT2D eigenvalue weighted by Gasteiger charge is -2.37. The number of nitriles is 1. The minimum atomic E-state index is -0.0167. The van der Waals surface area contributed by atoms with Crippen molar-refractivity contribution in [2.24, 2.45) is 10.4 Å². The van der Waals surface area contributed by atoms with E-state index in [0.29, 0.717) is 6.10 Å². The molecule has 2 aliphatic rings. The molecule has 150 valence electrons. The third-order valence-corrected chi connectivity index (χ3v) is 6.41. The molecule has 1 fully saturated rings. The highest BCUT2D eigenvalue weighted by Gasteiger charge is 2.45. The number of hydrogen-bond donors (Lipinski definition) is 0. The molecule has 2 aliphatic carbocycles. The summed E-state index contributed by atoms with van der Waals surface area (Å²) in [6.07, 6.45) is 8.61. The summed E-state index contributed by atoms with van der Waals surface area (Å²) in [6.45, 7) is 2.98. The van der Waals surface area contributed by atoms with E-state index in [4.69, 9.17) is 9.47 Å². The van der Waals surface area contributed by atoms with Crippen LogP contribution in [0.1, 0.15) is 50.2 Å². The Kier molecular flexibility index (Phi) is 5.69. The lowest BCUT2D eigenvalue weighted by atomic mass is 9.70. The van der Waals surface area contributed by atoms with Gasteiger partial charge in [0.15, 0.2) is 0 Å². The minimum Gasteiger partial charge on any atom is -0.497 e. The van der Waals surface area contributed by atoms with Crippen LogP contribution >= 0.6 is 0 Å². The smallest absolute Gasteiger partial charge is 0.205 e. The lowest BCUT2D eigenvalue weighted by Crippen LogP contribution is -2.36. The number of benzene rings is 2. The Hall–Kier alpha value is -2.64. The van der Waals surface area contributed by atoms with E-state index in [0.717, 1.165) is 73.3 Å². The molecule has 1 saturated carbocycles. The van der Waals surface area contributed by atoms with Crippen LogP contribution in [0.2, 0.25) is 0 Å². The Morgan fingerprint density at radius 2 is 1.93 bits per heavy atom. The summed E-state index contributed by atoms with van der Waals surface area (Å²) in [5.41, 5.74) is 5.65. The molecule has 0 aliphatic heterocycles. The summed E-state index contributed by atoms with van der Waals surface area (Å²) in [6, 6.07) is 14.7. The monoisotopic (exact) mass is 388 g/mol. The van der Waals surface area contributed by atoms with Gasteiger partial charge in [0.25, 0.3) is 0 Å². The average molecular weight is 389 g/mol. The molecule has 29 heavy (non-hydrogen) atoms. The van der Waals surface area contributed by atoms with E-state index in [1.807, 2.05) is 18.2 Å². The van der Waals surface area contributed by atoms with Crippen LogP contribution in [0.15, 0.2) is 47.5 Å². The van der Waals surface area contributed by atoms with Crippen LogP contribution in [0, 0.1) is 16.9 Å². The Morgan fingerprint density at radius 1 is 1.14 bits per heavy atom. The van der Waals surface area contributed by atoms with E-state index >= 15 is 0 Å².